The molecule has 5 heteroatoms. The first-order valence-corrected chi connectivity index (χ1v) is 10.6. The van der Waals surface area contributed by atoms with Gasteiger partial charge in [-0.3, -0.25) is 9.59 Å². The van der Waals surface area contributed by atoms with Gasteiger partial charge in [-0.05, 0) is 48.6 Å². The van der Waals surface area contributed by atoms with Gasteiger partial charge in [-0.15, -0.1) is 0 Å². The number of carbonyl (C=O) groups is 2. The van der Waals surface area contributed by atoms with E-state index >= 15 is 0 Å². The highest BCUT2D eigenvalue weighted by Crippen LogP contribution is 2.26. The summed E-state index contributed by atoms with van der Waals surface area (Å²) >= 11 is 0. The molecule has 2 aromatic carbocycles. The van der Waals surface area contributed by atoms with Crippen LogP contribution < -0.4 is 9.80 Å². The van der Waals surface area contributed by atoms with Crippen molar-refractivity contribution in [1.82, 2.24) is 4.90 Å². The van der Waals surface area contributed by atoms with Crippen LogP contribution in [-0.4, -0.2) is 43.4 Å². The van der Waals surface area contributed by atoms with Crippen molar-refractivity contribution in [2.75, 3.05) is 36.5 Å². The molecule has 2 saturated heterocycles. The third-order valence-electron chi connectivity index (χ3n) is 5.95. The Morgan fingerprint density at radius 2 is 1.69 bits per heavy atom. The number of likely N-dealkylation sites (N-methyl/N-ethyl adjacent to an activating group) is 1. The molecule has 4 rings (SSSR count). The number of hydrogen-bond acceptors (Lipinski definition) is 3. The van der Waals surface area contributed by atoms with Crippen molar-refractivity contribution < 1.29 is 9.59 Å². The average Bonchev–Trinajstić information content (AvgIpc) is 3.41. The van der Waals surface area contributed by atoms with E-state index in [9.17, 15) is 9.59 Å². The van der Waals surface area contributed by atoms with E-state index in [0.717, 1.165) is 37.3 Å². The molecule has 0 aliphatic carbocycles. The van der Waals surface area contributed by atoms with Crippen LogP contribution in [0.3, 0.4) is 0 Å². The average molecular weight is 392 g/mol. The van der Waals surface area contributed by atoms with Crippen LogP contribution in [0.5, 0.6) is 0 Å². The highest BCUT2D eigenvalue weighted by atomic mass is 16.2. The van der Waals surface area contributed by atoms with Crippen molar-refractivity contribution in [3.63, 3.8) is 0 Å². The van der Waals surface area contributed by atoms with Gasteiger partial charge in [0.1, 0.15) is 0 Å². The number of benzene rings is 2. The van der Waals surface area contributed by atoms with E-state index in [2.05, 4.69) is 23.1 Å². The number of rotatable bonds is 6. The Kier molecular flexibility index (Phi) is 5.84. The topological polar surface area (TPSA) is 43.9 Å². The van der Waals surface area contributed by atoms with E-state index in [1.54, 1.807) is 0 Å². The first kappa shape index (κ1) is 19.5. The lowest BCUT2D eigenvalue weighted by molar-refractivity contribution is -0.129. The molecule has 2 fully saturated rings. The Morgan fingerprint density at radius 1 is 0.966 bits per heavy atom. The summed E-state index contributed by atoms with van der Waals surface area (Å²) in [6, 6.07) is 16.2. The van der Waals surface area contributed by atoms with Gasteiger partial charge >= 0.3 is 0 Å². The van der Waals surface area contributed by atoms with E-state index in [0.29, 0.717) is 19.4 Å². The Balaban J connectivity index is 1.38. The first-order chi connectivity index (χ1) is 14.1. The zero-order valence-corrected chi connectivity index (χ0v) is 17.1. The molecule has 0 saturated carbocycles. The molecule has 2 heterocycles. The quantitative estimate of drug-likeness (QED) is 0.756. The zero-order chi connectivity index (χ0) is 20.2. The van der Waals surface area contributed by atoms with Crippen molar-refractivity contribution in [3.05, 3.63) is 59.7 Å². The second-order valence-electron chi connectivity index (χ2n) is 8.06. The molecule has 5 nitrogen and oxygen atoms in total. The van der Waals surface area contributed by atoms with Gasteiger partial charge in [-0.2, -0.15) is 0 Å². The second kappa shape index (κ2) is 8.68. The van der Waals surface area contributed by atoms with Gasteiger partial charge in [0.25, 0.3) is 0 Å². The minimum atomic E-state index is 0.103. The van der Waals surface area contributed by atoms with Crippen LogP contribution in [0, 0.1) is 0 Å². The SMILES string of the molecule is CN(Cc1ccccc1N1CCCC1)C(=O)Cc1ccc(N2CCCC2=O)cc1. The lowest BCUT2D eigenvalue weighted by Gasteiger charge is -2.24. The monoisotopic (exact) mass is 391 g/mol. The molecule has 152 valence electrons. The molecule has 2 aliphatic heterocycles. The van der Waals surface area contributed by atoms with Gasteiger partial charge in [0.2, 0.25) is 11.8 Å². The zero-order valence-electron chi connectivity index (χ0n) is 17.1. The molecular formula is C24H29N3O2. The van der Waals surface area contributed by atoms with Gasteiger partial charge in [-0.25, -0.2) is 0 Å². The molecule has 2 aromatic rings. The summed E-state index contributed by atoms with van der Waals surface area (Å²) in [4.78, 5) is 30.7. The fourth-order valence-corrected chi connectivity index (χ4v) is 4.28. The molecule has 29 heavy (non-hydrogen) atoms. The Labute approximate surface area is 172 Å². The van der Waals surface area contributed by atoms with Crippen molar-refractivity contribution in [1.29, 1.82) is 0 Å². The largest absolute Gasteiger partial charge is 0.371 e. The van der Waals surface area contributed by atoms with Crippen LogP contribution in [0.25, 0.3) is 0 Å². The molecule has 2 aliphatic rings. The van der Waals surface area contributed by atoms with Crippen molar-refractivity contribution in [3.8, 4) is 0 Å². The van der Waals surface area contributed by atoms with E-state index in [1.165, 1.54) is 24.1 Å². The van der Waals surface area contributed by atoms with Crippen LogP contribution in [-0.2, 0) is 22.6 Å². The van der Waals surface area contributed by atoms with E-state index in [1.807, 2.05) is 47.2 Å². The maximum Gasteiger partial charge on any atom is 0.227 e. The van der Waals surface area contributed by atoms with Gasteiger partial charge in [0, 0.05) is 51.0 Å². The number of anilines is 2. The summed E-state index contributed by atoms with van der Waals surface area (Å²) in [5.41, 5.74) is 4.36. The standard InChI is InChI=1S/C24H29N3O2/c1-25(18-20-7-2-3-8-22(20)26-14-4-5-15-26)24(29)17-19-10-12-21(13-11-19)27-16-6-9-23(27)28/h2-3,7-8,10-13H,4-6,9,14-18H2,1H3. The molecule has 0 bridgehead atoms. The highest BCUT2D eigenvalue weighted by molar-refractivity contribution is 5.95. The minimum absolute atomic E-state index is 0.103. The van der Waals surface area contributed by atoms with Crippen LogP contribution >= 0.6 is 0 Å². The minimum Gasteiger partial charge on any atom is -0.371 e. The van der Waals surface area contributed by atoms with Crippen molar-refractivity contribution in [2.24, 2.45) is 0 Å². The lowest BCUT2D eigenvalue weighted by Crippen LogP contribution is -2.29. The summed E-state index contributed by atoms with van der Waals surface area (Å²) < 4.78 is 0. The molecule has 0 atom stereocenters. The fourth-order valence-electron chi connectivity index (χ4n) is 4.28. The Morgan fingerprint density at radius 3 is 2.38 bits per heavy atom. The predicted molar refractivity (Wildman–Crippen MR) is 116 cm³/mol. The van der Waals surface area contributed by atoms with Crippen molar-refractivity contribution >= 4 is 23.2 Å². The summed E-state index contributed by atoms with van der Waals surface area (Å²) in [5.74, 6) is 0.288. The third kappa shape index (κ3) is 4.44. The molecule has 0 aromatic heterocycles. The normalized spacial score (nSPS) is 16.5. The Hall–Kier alpha value is -2.82. The smallest absolute Gasteiger partial charge is 0.227 e. The maximum absolute atomic E-state index is 12.8. The van der Waals surface area contributed by atoms with E-state index in [-0.39, 0.29) is 11.8 Å². The van der Waals surface area contributed by atoms with Crippen molar-refractivity contribution in [2.45, 2.75) is 38.6 Å². The first-order valence-electron chi connectivity index (χ1n) is 10.6. The second-order valence-corrected chi connectivity index (χ2v) is 8.06. The number of nitrogens with zero attached hydrogens (tertiary/aromatic N) is 3. The molecular weight excluding hydrogens is 362 g/mol. The Bertz CT molecular complexity index is 872. The molecule has 0 N–H and O–H groups in total. The van der Waals surface area contributed by atoms with E-state index < -0.39 is 0 Å². The summed E-state index contributed by atoms with van der Waals surface area (Å²) in [5, 5.41) is 0. The molecule has 0 unspecified atom stereocenters. The van der Waals surface area contributed by atoms with Crippen LogP contribution in [0.1, 0.15) is 36.8 Å². The summed E-state index contributed by atoms with van der Waals surface area (Å²) in [6.45, 7) is 3.60. The number of para-hydroxylation sites is 1. The molecule has 0 spiro atoms. The van der Waals surface area contributed by atoms with E-state index in [4.69, 9.17) is 0 Å². The number of hydrogen-bond donors (Lipinski definition) is 0. The fraction of sp³-hybridized carbons (Fsp3) is 0.417. The molecule has 2 amide bonds. The number of carbonyl (C=O) groups excluding carboxylic acids is 2. The van der Waals surface area contributed by atoms with Gasteiger partial charge in [0.15, 0.2) is 0 Å². The van der Waals surface area contributed by atoms with Gasteiger partial charge < -0.3 is 14.7 Å². The van der Waals surface area contributed by atoms with Gasteiger partial charge in [0.05, 0.1) is 6.42 Å². The lowest BCUT2D eigenvalue weighted by atomic mass is 10.1. The third-order valence-corrected chi connectivity index (χ3v) is 5.95. The summed E-state index contributed by atoms with van der Waals surface area (Å²) in [7, 11) is 1.88. The van der Waals surface area contributed by atoms with Gasteiger partial charge in [-0.1, -0.05) is 30.3 Å². The highest BCUT2D eigenvalue weighted by Gasteiger charge is 2.22. The van der Waals surface area contributed by atoms with Crippen LogP contribution in [0.2, 0.25) is 0 Å². The van der Waals surface area contributed by atoms with Crippen LogP contribution in [0.4, 0.5) is 11.4 Å². The summed E-state index contributed by atoms with van der Waals surface area (Å²) in [6.07, 6.45) is 4.40. The maximum atomic E-state index is 12.8. The number of amides is 2. The van der Waals surface area contributed by atoms with Crippen LogP contribution in [0.15, 0.2) is 48.5 Å². The molecule has 0 radical (unpaired) electrons. The predicted octanol–water partition coefficient (Wildman–Crippen LogP) is 3.61.